The van der Waals surface area contributed by atoms with Crippen LogP contribution < -0.4 is 19.4 Å². The number of anilines is 1. The van der Waals surface area contributed by atoms with Crippen LogP contribution in [0.25, 0.3) is 0 Å². The third-order valence-electron chi connectivity index (χ3n) is 2.82. The van der Waals surface area contributed by atoms with Crippen LogP contribution in [-0.2, 0) is 17.7 Å². The lowest BCUT2D eigenvalue weighted by Gasteiger charge is -2.08. The third-order valence-corrected chi connectivity index (χ3v) is 3.57. The van der Waals surface area contributed by atoms with E-state index >= 15 is 0 Å². The summed E-state index contributed by atoms with van der Waals surface area (Å²) in [6.07, 6.45) is 0.825. The molecule has 0 saturated heterocycles. The van der Waals surface area contributed by atoms with Gasteiger partial charge in [0.05, 0.1) is 7.11 Å². The van der Waals surface area contributed by atoms with Gasteiger partial charge in [-0.3, -0.25) is 4.72 Å². The van der Waals surface area contributed by atoms with Crippen LogP contribution in [0.4, 0.5) is 5.69 Å². The monoisotopic (exact) mass is 306 g/mol. The fourth-order valence-corrected chi connectivity index (χ4v) is 2.40. The molecule has 3 N–H and O–H groups in total. The number of nitrogens with one attached hydrogen (secondary N) is 1. The molecule has 0 bridgehead atoms. The molecule has 112 valence electrons. The summed E-state index contributed by atoms with van der Waals surface area (Å²) >= 11 is -1.66. The van der Waals surface area contributed by atoms with Gasteiger partial charge in [0, 0.05) is 5.69 Å². The van der Waals surface area contributed by atoms with Crippen LogP contribution >= 0.6 is 0 Å². The van der Waals surface area contributed by atoms with Crippen LogP contribution in [0.2, 0.25) is 0 Å². The lowest BCUT2D eigenvalue weighted by Crippen LogP contribution is -2.11. The Hall–Kier alpha value is -2.05. The van der Waals surface area contributed by atoms with Crippen LogP contribution in [0.15, 0.2) is 48.5 Å². The minimum absolute atomic E-state index is 0.501. The van der Waals surface area contributed by atoms with E-state index in [0.29, 0.717) is 12.3 Å². The molecule has 21 heavy (non-hydrogen) atoms. The van der Waals surface area contributed by atoms with Crippen LogP contribution in [0.5, 0.6) is 11.5 Å². The number of hydrogen-bond donors (Lipinski definition) is 2. The maximum atomic E-state index is 11.9. The Morgan fingerprint density at radius 1 is 1.05 bits per heavy atom. The number of rotatable bonds is 7. The van der Waals surface area contributed by atoms with Crippen LogP contribution in [0.1, 0.15) is 5.56 Å². The second-order valence-corrected chi connectivity index (χ2v) is 5.17. The van der Waals surface area contributed by atoms with Gasteiger partial charge in [0.1, 0.15) is 11.5 Å². The molecule has 0 heterocycles. The van der Waals surface area contributed by atoms with Gasteiger partial charge in [-0.25, -0.2) is 0 Å². The molecule has 0 aliphatic carbocycles. The fraction of sp³-hybridized carbons (Fsp3) is 0.200. The summed E-state index contributed by atoms with van der Waals surface area (Å²) < 4.78 is 25.0. The van der Waals surface area contributed by atoms with Crippen molar-refractivity contribution in [3.05, 3.63) is 54.1 Å². The van der Waals surface area contributed by atoms with Gasteiger partial charge < -0.3 is 14.7 Å². The molecule has 0 amide bonds. The highest BCUT2D eigenvalue weighted by molar-refractivity contribution is 7.81. The maximum Gasteiger partial charge on any atom is 0.316 e. The number of ether oxygens (including phenoxy) is 1. The molecular formula is C15H18N2O3S. The molecule has 1 unspecified atom stereocenters. The van der Waals surface area contributed by atoms with E-state index in [1.54, 1.807) is 31.4 Å². The topological polar surface area (TPSA) is 73.6 Å². The van der Waals surface area contributed by atoms with Gasteiger partial charge in [0.15, 0.2) is 0 Å². The van der Waals surface area contributed by atoms with Gasteiger partial charge in [-0.05, 0) is 54.9 Å². The zero-order valence-corrected chi connectivity index (χ0v) is 12.6. The highest BCUT2D eigenvalue weighted by Crippen LogP contribution is 2.18. The number of methoxy groups -OCH3 is 1. The van der Waals surface area contributed by atoms with E-state index in [2.05, 4.69) is 4.72 Å². The first-order valence-corrected chi connectivity index (χ1v) is 7.58. The average Bonchev–Trinajstić information content (AvgIpc) is 2.50. The summed E-state index contributed by atoms with van der Waals surface area (Å²) in [5, 5.41) is 0. The van der Waals surface area contributed by atoms with Crippen LogP contribution in [0.3, 0.4) is 0 Å². The summed E-state index contributed by atoms with van der Waals surface area (Å²) in [5.74, 6) is 1.22. The van der Waals surface area contributed by atoms with Gasteiger partial charge in [0.2, 0.25) is 0 Å². The second kappa shape index (κ2) is 7.66. The van der Waals surface area contributed by atoms with Crippen molar-refractivity contribution < 1.29 is 13.1 Å². The molecule has 0 radical (unpaired) electrons. The van der Waals surface area contributed by atoms with Gasteiger partial charge in [-0.15, -0.1) is 0 Å². The maximum absolute atomic E-state index is 11.9. The number of hydrogen-bond acceptors (Lipinski definition) is 4. The molecule has 5 nitrogen and oxygen atoms in total. The first-order valence-electron chi connectivity index (χ1n) is 6.51. The standard InChI is InChI=1S/C15H18N2O3S/c1-19-14-6-8-15(9-7-14)20-21(18)17-13-4-2-12(3-5-13)10-11-16/h2-9,17H,10-11,16H2,1H3. The molecule has 2 rings (SSSR count). The fourth-order valence-electron chi connectivity index (χ4n) is 1.74. The number of benzene rings is 2. The van der Waals surface area contributed by atoms with Gasteiger partial charge in [-0.2, -0.15) is 4.21 Å². The van der Waals surface area contributed by atoms with E-state index < -0.39 is 11.3 Å². The van der Waals surface area contributed by atoms with Crippen LogP contribution in [-0.4, -0.2) is 17.9 Å². The van der Waals surface area contributed by atoms with E-state index in [1.807, 2.05) is 24.3 Å². The first kappa shape index (κ1) is 15.3. The van der Waals surface area contributed by atoms with E-state index in [4.69, 9.17) is 14.7 Å². The molecule has 6 heteroatoms. The molecule has 0 aromatic heterocycles. The van der Waals surface area contributed by atoms with Crippen molar-refractivity contribution in [3.8, 4) is 11.5 Å². The Balaban J connectivity index is 1.91. The Morgan fingerprint density at radius 2 is 1.67 bits per heavy atom. The highest BCUT2D eigenvalue weighted by atomic mass is 32.2. The first-order chi connectivity index (χ1) is 10.2. The van der Waals surface area contributed by atoms with Crippen molar-refractivity contribution in [2.75, 3.05) is 18.4 Å². The quantitative estimate of drug-likeness (QED) is 0.823. The molecule has 2 aromatic carbocycles. The van der Waals surface area contributed by atoms with Crippen molar-refractivity contribution in [2.45, 2.75) is 6.42 Å². The van der Waals surface area contributed by atoms with Crippen molar-refractivity contribution >= 4 is 17.0 Å². The van der Waals surface area contributed by atoms with Gasteiger partial charge in [-0.1, -0.05) is 12.1 Å². The summed E-state index contributed by atoms with van der Waals surface area (Å²) in [5.41, 5.74) is 7.36. The van der Waals surface area contributed by atoms with Gasteiger partial charge >= 0.3 is 11.3 Å². The third kappa shape index (κ3) is 4.77. The molecule has 2 aromatic rings. The lowest BCUT2D eigenvalue weighted by molar-refractivity contribution is 0.414. The molecule has 0 spiro atoms. The van der Waals surface area contributed by atoms with E-state index in [1.165, 1.54) is 0 Å². The largest absolute Gasteiger partial charge is 0.497 e. The Morgan fingerprint density at radius 3 is 2.24 bits per heavy atom. The Kier molecular flexibility index (Phi) is 5.59. The zero-order chi connectivity index (χ0) is 15.1. The van der Waals surface area contributed by atoms with Gasteiger partial charge in [0.25, 0.3) is 0 Å². The molecular weight excluding hydrogens is 288 g/mol. The van der Waals surface area contributed by atoms with E-state index in [-0.39, 0.29) is 0 Å². The minimum Gasteiger partial charge on any atom is -0.497 e. The van der Waals surface area contributed by atoms with Crippen molar-refractivity contribution in [1.29, 1.82) is 0 Å². The summed E-state index contributed by atoms with van der Waals surface area (Å²) in [7, 11) is 1.59. The normalized spacial score (nSPS) is 11.7. The Bertz CT molecular complexity index is 585. The molecule has 0 aliphatic rings. The summed E-state index contributed by atoms with van der Waals surface area (Å²) in [4.78, 5) is 0. The smallest absolute Gasteiger partial charge is 0.316 e. The van der Waals surface area contributed by atoms with Crippen molar-refractivity contribution in [1.82, 2.24) is 0 Å². The lowest BCUT2D eigenvalue weighted by atomic mass is 10.1. The highest BCUT2D eigenvalue weighted by Gasteiger charge is 2.04. The molecule has 1 atom stereocenters. The summed E-state index contributed by atoms with van der Waals surface area (Å²) in [6.45, 7) is 0.610. The predicted molar refractivity (Wildman–Crippen MR) is 84.6 cm³/mol. The number of nitrogens with two attached hydrogens (primary N) is 1. The molecule has 0 aliphatic heterocycles. The molecule has 0 fully saturated rings. The Labute approximate surface area is 126 Å². The average molecular weight is 306 g/mol. The minimum atomic E-state index is -1.66. The van der Waals surface area contributed by atoms with E-state index in [9.17, 15) is 4.21 Å². The van der Waals surface area contributed by atoms with Crippen LogP contribution in [0, 0.1) is 0 Å². The zero-order valence-electron chi connectivity index (χ0n) is 11.7. The predicted octanol–water partition coefficient (Wildman–Crippen LogP) is 2.27. The molecule has 0 saturated carbocycles. The second-order valence-electron chi connectivity index (χ2n) is 4.33. The van der Waals surface area contributed by atoms with Crippen molar-refractivity contribution in [3.63, 3.8) is 0 Å². The summed E-state index contributed by atoms with van der Waals surface area (Å²) in [6, 6.07) is 14.5. The van der Waals surface area contributed by atoms with Crippen molar-refractivity contribution in [2.24, 2.45) is 5.73 Å². The van der Waals surface area contributed by atoms with E-state index in [0.717, 1.165) is 23.4 Å². The SMILES string of the molecule is COc1ccc(OS(=O)Nc2ccc(CCN)cc2)cc1.